The van der Waals surface area contributed by atoms with E-state index in [1.807, 2.05) is 0 Å². The Morgan fingerprint density at radius 3 is 2.58 bits per heavy atom. The lowest BCUT2D eigenvalue weighted by Gasteiger charge is -2.26. The van der Waals surface area contributed by atoms with E-state index in [1.165, 1.54) is 17.4 Å². The molecule has 0 aliphatic heterocycles. The minimum absolute atomic E-state index is 0.0329. The van der Waals surface area contributed by atoms with Gasteiger partial charge in [-0.3, -0.25) is 0 Å². The molecule has 0 unspecified atom stereocenters. The molecule has 1 aromatic rings. The molecule has 0 bridgehead atoms. The summed E-state index contributed by atoms with van der Waals surface area (Å²) in [5.74, 6) is 0.689. The molecule has 2 rings (SSSR count). The van der Waals surface area contributed by atoms with Crippen LogP contribution in [0.4, 0.5) is 0 Å². The molecule has 4 nitrogen and oxygen atoms in total. The maximum absolute atomic E-state index is 12.3. The summed E-state index contributed by atoms with van der Waals surface area (Å²) >= 11 is 4.51. The van der Waals surface area contributed by atoms with E-state index < -0.39 is 10.0 Å². The molecular formula is C12H18BrNO3S2. The van der Waals surface area contributed by atoms with E-state index in [0.29, 0.717) is 14.6 Å². The molecule has 0 spiro atoms. The summed E-state index contributed by atoms with van der Waals surface area (Å²) in [4.78, 5) is 0.879. The van der Waals surface area contributed by atoms with Crippen molar-refractivity contribution in [3.63, 3.8) is 0 Å². The van der Waals surface area contributed by atoms with Gasteiger partial charge in [0.05, 0.1) is 10.4 Å². The average molecular weight is 368 g/mol. The molecule has 2 N–H and O–H groups in total. The molecule has 0 saturated heterocycles. The summed E-state index contributed by atoms with van der Waals surface area (Å²) in [5.41, 5.74) is 0. The predicted octanol–water partition coefficient (Wildman–Crippen LogP) is 2.86. The van der Waals surface area contributed by atoms with Crippen molar-refractivity contribution in [3.8, 4) is 0 Å². The van der Waals surface area contributed by atoms with Crippen LogP contribution in [0.15, 0.2) is 14.7 Å². The third-order valence-electron chi connectivity index (χ3n) is 3.49. The molecule has 0 aromatic carbocycles. The minimum Gasteiger partial charge on any atom is -0.391 e. The Morgan fingerprint density at radius 2 is 2.05 bits per heavy atom. The molecule has 0 radical (unpaired) electrons. The first-order valence-electron chi connectivity index (χ1n) is 6.33. The van der Waals surface area contributed by atoms with E-state index in [-0.39, 0.29) is 17.5 Å². The van der Waals surface area contributed by atoms with E-state index in [9.17, 15) is 8.42 Å². The molecule has 1 saturated carbocycles. The van der Waals surface area contributed by atoms with Crippen LogP contribution < -0.4 is 4.72 Å². The van der Waals surface area contributed by atoms with E-state index >= 15 is 0 Å². The average Bonchev–Trinajstić information content (AvgIpc) is 2.74. The van der Waals surface area contributed by atoms with Gasteiger partial charge in [-0.05, 0) is 53.6 Å². The second-order valence-corrected chi connectivity index (χ2v) is 9.22. The first-order valence-corrected chi connectivity index (χ1v) is 9.43. The van der Waals surface area contributed by atoms with Crippen LogP contribution in [-0.4, -0.2) is 19.6 Å². The second-order valence-electron chi connectivity index (χ2n) is 5.09. The Morgan fingerprint density at radius 1 is 1.42 bits per heavy atom. The van der Waals surface area contributed by atoms with Gasteiger partial charge in [-0.2, -0.15) is 0 Å². The van der Waals surface area contributed by atoms with Gasteiger partial charge in [-0.15, -0.1) is 11.3 Å². The van der Waals surface area contributed by atoms with Crippen molar-refractivity contribution in [3.05, 3.63) is 14.7 Å². The van der Waals surface area contributed by atoms with Crippen molar-refractivity contribution in [2.45, 2.75) is 50.2 Å². The molecular weight excluding hydrogens is 350 g/mol. The molecule has 108 valence electrons. The van der Waals surface area contributed by atoms with Crippen molar-refractivity contribution in [2.75, 3.05) is 0 Å². The number of hydrogen-bond acceptors (Lipinski definition) is 4. The number of hydrogen-bond donors (Lipinski definition) is 2. The van der Waals surface area contributed by atoms with Gasteiger partial charge in [-0.25, -0.2) is 13.1 Å². The summed E-state index contributed by atoms with van der Waals surface area (Å²) < 4.78 is 28.0. The molecule has 1 aromatic heterocycles. The monoisotopic (exact) mass is 367 g/mol. The molecule has 19 heavy (non-hydrogen) atoms. The zero-order valence-corrected chi connectivity index (χ0v) is 13.9. The van der Waals surface area contributed by atoms with Gasteiger partial charge < -0.3 is 5.11 Å². The zero-order valence-electron chi connectivity index (χ0n) is 10.7. The summed E-state index contributed by atoms with van der Waals surface area (Å²) in [6.07, 6.45) is 3.93. The van der Waals surface area contributed by atoms with Crippen LogP contribution in [0, 0.1) is 5.92 Å². The summed E-state index contributed by atoms with van der Waals surface area (Å²) in [5, 5.41) is 9.07. The molecule has 0 amide bonds. The van der Waals surface area contributed by atoms with Gasteiger partial charge >= 0.3 is 0 Å². The van der Waals surface area contributed by atoms with Crippen LogP contribution in [0.5, 0.6) is 0 Å². The summed E-state index contributed by atoms with van der Waals surface area (Å²) in [6.45, 7) is 2.06. The number of nitrogens with one attached hydrogen (secondary N) is 1. The highest BCUT2D eigenvalue weighted by Gasteiger charge is 2.26. The van der Waals surface area contributed by atoms with Crippen molar-refractivity contribution in [1.82, 2.24) is 4.72 Å². The predicted molar refractivity (Wildman–Crippen MR) is 79.7 cm³/mol. The van der Waals surface area contributed by atoms with E-state index in [1.54, 1.807) is 0 Å². The zero-order chi connectivity index (χ0) is 14.0. The fourth-order valence-electron chi connectivity index (χ4n) is 2.32. The second kappa shape index (κ2) is 6.22. The highest BCUT2D eigenvalue weighted by molar-refractivity contribution is 9.11. The highest BCUT2D eigenvalue weighted by atomic mass is 79.9. The summed E-state index contributed by atoms with van der Waals surface area (Å²) in [7, 11) is -3.49. The van der Waals surface area contributed by atoms with E-state index in [2.05, 4.69) is 27.6 Å². The molecule has 0 atom stereocenters. The highest BCUT2D eigenvalue weighted by Crippen LogP contribution is 2.32. The molecule has 1 aliphatic rings. The topological polar surface area (TPSA) is 66.4 Å². The molecule has 7 heteroatoms. The third kappa shape index (κ3) is 3.78. The lowest BCUT2D eigenvalue weighted by molar-refractivity contribution is 0.285. The van der Waals surface area contributed by atoms with Gasteiger partial charge in [0.25, 0.3) is 0 Å². The maximum atomic E-state index is 12.3. The van der Waals surface area contributed by atoms with Gasteiger partial charge in [-0.1, -0.05) is 6.92 Å². The van der Waals surface area contributed by atoms with Crippen LogP contribution in [0.25, 0.3) is 0 Å². The Bertz CT molecular complexity index is 533. The Balaban J connectivity index is 2.11. The van der Waals surface area contributed by atoms with E-state index in [0.717, 1.165) is 25.7 Å². The fraction of sp³-hybridized carbons (Fsp3) is 0.667. The SMILES string of the molecule is CC1CCC(NS(=O)(=O)c2cc(CO)sc2Br)CC1. The summed E-state index contributed by atoms with van der Waals surface area (Å²) in [6, 6.07) is 1.56. The van der Waals surface area contributed by atoms with Gasteiger partial charge in [0.2, 0.25) is 10.0 Å². The fourth-order valence-corrected chi connectivity index (χ4v) is 6.17. The van der Waals surface area contributed by atoms with Crippen molar-refractivity contribution in [2.24, 2.45) is 5.92 Å². The number of aliphatic hydroxyl groups is 1. The van der Waals surface area contributed by atoms with Gasteiger partial charge in [0, 0.05) is 10.9 Å². The Kier molecular flexibility index (Phi) is 5.05. The van der Waals surface area contributed by atoms with Gasteiger partial charge in [0.1, 0.15) is 4.90 Å². The smallest absolute Gasteiger partial charge is 0.242 e. The number of rotatable bonds is 4. The van der Waals surface area contributed by atoms with Crippen LogP contribution >= 0.6 is 27.3 Å². The normalized spacial score (nSPS) is 24.6. The van der Waals surface area contributed by atoms with Crippen molar-refractivity contribution < 1.29 is 13.5 Å². The largest absolute Gasteiger partial charge is 0.391 e. The lowest BCUT2D eigenvalue weighted by Crippen LogP contribution is -2.37. The van der Waals surface area contributed by atoms with Gasteiger partial charge in [0.15, 0.2) is 0 Å². The molecule has 1 fully saturated rings. The quantitative estimate of drug-likeness (QED) is 0.859. The lowest BCUT2D eigenvalue weighted by atomic mass is 9.88. The first-order chi connectivity index (χ1) is 8.92. The first kappa shape index (κ1) is 15.4. The maximum Gasteiger partial charge on any atom is 0.242 e. The van der Waals surface area contributed by atoms with Crippen LogP contribution in [-0.2, 0) is 16.6 Å². The standard InChI is InChI=1S/C12H18BrNO3S2/c1-8-2-4-9(5-3-8)14-19(16,17)11-6-10(7-15)18-12(11)13/h6,8-9,14-15H,2-5,7H2,1H3. The number of thiophene rings is 1. The minimum atomic E-state index is -3.49. The Hall–Kier alpha value is 0.0500. The molecule has 1 heterocycles. The van der Waals surface area contributed by atoms with Crippen LogP contribution in [0.3, 0.4) is 0 Å². The van der Waals surface area contributed by atoms with Crippen molar-refractivity contribution in [1.29, 1.82) is 0 Å². The van der Waals surface area contributed by atoms with Crippen LogP contribution in [0.2, 0.25) is 0 Å². The van der Waals surface area contributed by atoms with Crippen molar-refractivity contribution >= 4 is 37.3 Å². The number of halogens is 1. The third-order valence-corrected chi connectivity index (χ3v) is 7.25. The molecule has 1 aliphatic carbocycles. The van der Waals surface area contributed by atoms with Crippen LogP contribution in [0.1, 0.15) is 37.5 Å². The van der Waals surface area contributed by atoms with E-state index in [4.69, 9.17) is 5.11 Å². The number of sulfonamides is 1. The number of aliphatic hydroxyl groups excluding tert-OH is 1. The Labute approximate surface area is 126 Å².